The number of hydrogen-bond donors (Lipinski definition) is 1. The Morgan fingerprint density at radius 2 is 1.37 bits per heavy atom. The van der Waals surface area contributed by atoms with E-state index in [0.717, 1.165) is 15.9 Å². The lowest BCUT2D eigenvalue weighted by atomic mass is 9.83. The quantitative estimate of drug-likeness (QED) is 0.319. The van der Waals surface area contributed by atoms with Crippen LogP contribution in [0.3, 0.4) is 0 Å². The highest BCUT2D eigenvalue weighted by molar-refractivity contribution is 7.07. The molecule has 0 radical (unpaired) electrons. The summed E-state index contributed by atoms with van der Waals surface area (Å²) in [5, 5.41) is 0. The predicted molar refractivity (Wildman–Crippen MR) is 149 cm³/mol. The van der Waals surface area contributed by atoms with Crippen molar-refractivity contribution in [2.24, 2.45) is 5.73 Å². The van der Waals surface area contributed by atoms with Crippen LogP contribution in [0, 0.1) is 0 Å². The molecule has 2 heterocycles. The third-order valence-electron chi connectivity index (χ3n) is 6.34. The van der Waals surface area contributed by atoms with E-state index in [1.807, 2.05) is 0 Å². The van der Waals surface area contributed by atoms with Gasteiger partial charge in [-0.1, -0.05) is 24.3 Å². The normalized spacial score (nSPS) is 14.8. The number of aromatic nitrogens is 1. The smallest absolute Gasteiger partial charge is 0.338 e. The van der Waals surface area contributed by atoms with Gasteiger partial charge < -0.3 is 24.7 Å². The van der Waals surface area contributed by atoms with Gasteiger partial charge in [-0.2, -0.15) is 0 Å². The Kier molecular flexibility index (Phi) is 8.53. The van der Waals surface area contributed by atoms with Crippen LogP contribution in [0.4, 0.5) is 0 Å². The van der Waals surface area contributed by atoms with Gasteiger partial charge in [0.2, 0.25) is 0 Å². The van der Waals surface area contributed by atoms with Crippen molar-refractivity contribution < 1.29 is 38.1 Å². The predicted octanol–water partition coefficient (Wildman–Crippen LogP) is 1.12. The minimum Gasteiger partial charge on any atom is -0.466 e. The third-order valence-corrected chi connectivity index (χ3v) is 7.45. The summed E-state index contributed by atoms with van der Waals surface area (Å²) in [7, 11) is 3.71. The highest BCUT2D eigenvalue weighted by Gasteiger charge is 2.39. The summed E-state index contributed by atoms with van der Waals surface area (Å²) in [6.45, 7) is 1.63. The molecule has 12 heteroatoms. The number of nitrogens with zero attached hydrogens (tertiary/aromatic N) is 1. The second-order valence-electron chi connectivity index (χ2n) is 8.64. The molecule has 2 aromatic carbocycles. The van der Waals surface area contributed by atoms with Crippen LogP contribution in [-0.4, -0.2) is 56.4 Å². The molecule has 0 saturated heterocycles. The highest BCUT2D eigenvalue weighted by atomic mass is 32.1. The molecule has 1 aliphatic heterocycles. The molecule has 0 spiro atoms. The van der Waals surface area contributed by atoms with Gasteiger partial charge in [-0.3, -0.25) is 9.36 Å². The fraction of sp³-hybridized carbons (Fsp3) is 0.207. The SMILES string of the molecule is CCOC(=O)C1=C(N)n2c(sc(=Cc3ccc(C(=O)OC)cc3)c2=O)=C(C(=O)OC)C1c1ccc(C(=O)OC)cc1. The molecule has 1 aliphatic rings. The number of carbonyl (C=O) groups is 4. The van der Waals surface area contributed by atoms with Crippen LogP contribution in [-0.2, 0) is 28.5 Å². The van der Waals surface area contributed by atoms with Crippen molar-refractivity contribution in [1.29, 1.82) is 0 Å². The van der Waals surface area contributed by atoms with Crippen molar-refractivity contribution in [1.82, 2.24) is 4.57 Å². The third kappa shape index (κ3) is 5.41. The molecule has 1 aromatic heterocycles. The molecule has 11 nitrogen and oxygen atoms in total. The average molecular weight is 579 g/mol. The standard InChI is InChI=1S/C29H26N2O9S/c1-5-40-29(36)21-20(16-10-12-18(13-11-16)27(34)38-3)22(28(35)39-4)25-31(23(21)30)24(32)19(41-25)14-15-6-8-17(9-7-15)26(33)37-2/h6-14,20H,5,30H2,1-4H3. The van der Waals surface area contributed by atoms with Crippen LogP contribution in [0.25, 0.3) is 17.5 Å². The number of thiazole rings is 1. The molecule has 3 aromatic rings. The molecule has 2 N–H and O–H groups in total. The first kappa shape index (κ1) is 29.0. The van der Waals surface area contributed by atoms with E-state index in [-0.39, 0.29) is 38.3 Å². The Bertz CT molecular complexity index is 1750. The number of carbonyl (C=O) groups excluding carboxylic acids is 4. The van der Waals surface area contributed by atoms with Crippen molar-refractivity contribution in [2.75, 3.05) is 27.9 Å². The molecule has 1 unspecified atom stereocenters. The zero-order valence-electron chi connectivity index (χ0n) is 22.6. The van der Waals surface area contributed by atoms with E-state index in [2.05, 4.69) is 0 Å². The van der Waals surface area contributed by atoms with E-state index in [4.69, 9.17) is 24.7 Å². The number of benzene rings is 2. The summed E-state index contributed by atoms with van der Waals surface area (Å²) in [6.07, 6.45) is 1.58. The molecule has 0 bridgehead atoms. The lowest BCUT2D eigenvalue weighted by Gasteiger charge is -2.26. The average Bonchev–Trinajstić information content (AvgIpc) is 3.31. The second kappa shape index (κ2) is 12.0. The molecule has 0 amide bonds. The van der Waals surface area contributed by atoms with Crippen LogP contribution in [0.5, 0.6) is 0 Å². The topological polar surface area (TPSA) is 153 Å². The molecule has 0 saturated carbocycles. The molecule has 0 aliphatic carbocycles. The Hall–Kier alpha value is -4.97. The number of methoxy groups -OCH3 is 3. The van der Waals surface area contributed by atoms with E-state index in [1.165, 1.54) is 33.5 Å². The molecular weight excluding hydrogens is 552 g/mol. The zero-order valence-corrected chi connectivity index (χ0v) is 23.4. The number of ether oxygens (including phenoxy) is 4. The molecular formula is C29H26N2O9S. The summed E-state index contributed by atoms with van der Waals surface area (Å²) < 4.78 is 21.3. The lowest BCUT2D eigenvalue weighted by molar-refractivity contribution is -0.138. The molecule has 41 heavy (non-hydrogen) atoms. The number of fused-ring (bicyclic) bond motifs is 1. The first-order chi connectivity index (χ1) is 19.7. The Balaban J connectivity index is 2.01. The van der Waals surface area contributed by atoms with E-state index in [9.17, 15) is 24.0 Å². The largest absolute Gasteiger partial charge is 0.466 e. The maximum Gasteiger partial charge on any atom is 0.338 e. The summed E-state index contributed by atoms with van der Waals surface area (Å²) >= 11 is 0.990. The van der Waals surface area contributed by atoms with Crippen LogP contribution in [0.15, 0.2) is 58.9 Å². The van der Waals surface area contributed by atoms with Crippen molar-refractivity contribution >= 4 is 52.7 Å². The van der Waals surface area contributed by atoms with Crippen molar-refractivity contribution in [3.05, 3.63) is 95.9 Å². The maximum atomic E-state index is 13.6. The second-order valence-corrected chi connectivity index (χ2v) is 9.67. The van der Waals surface area contributed by atoms with E-state index in [0.29, 0.717) is 16.7 Å². The first-order valence-corrected chi connectivity index (χ1v) is 13.1. The minimum absolute atomic E-state index is 0.00152. The Morgan fingerprint density at radius 3 is 1.88 bits per heavy atom. The van der Waals surface area contributed by atoms with Crippen molar-refractivity contribution in [2.45, 2.75) is 12.8 Å². The maximum absolute atomic E-state index is 13.6. The highest BCUT2D eigenvalue weighted by Crippen LogP contribution is 2.37. The van der Waals surface area contributed by atoms with Gasteiger partial charge in [0.15, 0.2) is 0 Å². The van der Waals surface area contributed by atoms with Gasteiger partial charge in [-0.15, -0.1) is 11.3 Å². The fourth-order valence-electron chi connectivity index (χ4n) is 4.41. The van der Waals surface area contributed by atoms with Gasteiger partial charge in [0.1, 0.15) is 10.5 Å². The lowest BCUT2D eigenvalue weighted by Crippen LogP contribution is -2.41. The fourth-order valence-corrected chi connectivity index (χ4v) is 5.58. The Morgan fingerprint density at radius 1 is 0.829 bits per heavy atom. The van der Waals surface area contributed by atoms with Gasteiger partial charge in [0.25, 0.3) is 5.56 Å². The molecule has 0 fully saturated rings. The molecule has 1 atom stereocenters. The molecule has 4 rings (SSSR count). The molecule has 212 valence electrons. The van der Waals surface area contributed by atoms with Crippen LogP contribution in [0.1, 0.15) is 44.7 Å². The van der Waals surface area contributed by atoms with Crippen LogP contribution in [0.2, 0.25) is 0 Å². The summed E-state index contributed by atoms with van der Waals surface area (Å²) in [5.74, 6) is -3.94. The number of nitrogens with two attached hydrogens (primary N) is 1. The van der Waals surface area contributed by atoms with Gasteiger partial charge in [-0.05, 0) is 48.4 Å². The van der Waals surface area contributed by atoms with Gasteiger partial charge >= 0.3 is 23.9 Å². The summed E-state index contributed by atoms with van der Waals surface area (Å²) in [6, 6.07) is 12.5. The summed E-state index contributed by atoms with van der Waals surface area (Å²) in [4.78, 5) is 63.9. The Labute approximate surface area is 237 Å². The van der Waals surface area contributed by atoms with Gasteiger partial charge in [0, 0.05) is 0 Å². The van der Waals surface area contributed by atoms with E-state index in [1.54, 1.807) is 49.4 Å². The van der Waals surface area contributed by atoms with Crippen molar-refractivity contribution in [3.63, 3.8) is 0 Å². The number of esters is 4. The first-order valence-electron chi connectivity index (χ1n) is 12.3. The van der Waals surface area contributed by atoms with Crippen LogP contribution >= 0.6 is 11.3 Å². The van der Waals surface area contributed by atoms with E-state index < -0.39 is 35.4 Å². The van der Waals surface area contributed by atoms with Gasteiger partial charge in [0.05, 0.1) is 60.7 Å². The van der Waals surface area contributed by atoms with E-state index >= 15 is 0 Å². The number of hydrogen-bond acceptors (Lipinski definition) is 11. The number of rotatable bonds is 7. The van der Waals surface area contributed by atoms with Crippen LogP contribution < -0.4 is 20.5 Å². The monoisotopic (exact) mass is 578 g/mol. The zero-order chi connectivity index (χ0) is 29.8. The summed E-state index contributed by atoms with van der Waals surface area (Å²) in [5.41, 5.74) is 7.39. The van der Waals surface area contributed by atoms with Crippen molar-refractivity contribution in [3.8, 4) is 0 Å². The minimum atomic E-state index is -1.07. The van der Waals surface area contributed by atoms with Gasteiger partial charge in [-0.25, -0.2) is 19.2 Å².